The lowest BCUT2D eigenvalue weighted by atomic mass is 10.1. The molecule has 0 aromatic heterocycles. The Balaban J connectivity index is 3.30. The van der Waals surface area contributed by atoms with Crippen molar-refractivity contribution in [3.8, 4) is 0 Å². The van der Waals surface area contributed by atoms with Gasteiger partial charge in [0.1, 0.15) is 0 Å². The first-order valence-corrected chi connectivity index (χ1v) is 4.20. The largest absolute Gasteiger partial charge is 0.0928 e. The molecule has 0 aromatic rings. The third-order valence-electron chi connectivity index (χ3n) is 1.24. The van der Waals surface area contributed by atoms with Crippen LogP contribution in [-0.4, -0.2) is 10.7 Å². The summed E-state index contributed by atoms with van der Waals surface area (Å²) in [6.45, 7) is 2.17. The fourth-order valence-electron chi connectivity index (χ4n) is 0.608. The van der Waals surface area contributed by atoms with E-state index in [4.69, 9.17) is 24.4 Å². The SMILES string of the molecule is CCCCC(C=S)C=S. The highest BCUT2D eigenvalue weighted by molar-refractivity contribution is 7.80. The van der Waals surface area contributed by atoms with Crippen LogP contribution in [0.3, 0.4) is 0 Å². The standard InChI is InChI=1S/C7H12S2/c1-2-3-4-7(5-8)6-9/h5-7H,2-4H2,1H3. The van der Waals surface area contributed by atoms with Crippen LogP contribution in [0.5, 0.6) is 0 Å². The second-order valence-electron chi connectivity index (χ2n) is 2.08. The molecule has 0 unspecified atom stereocenters. The maximum Gasteiger partial charge on any atom is 0.0156 e. The summed E-state index contributed by atoms with van der Waals surface area (Å²) in [4.78, 5) is 0. The van der Waals surface area contributed by atoms with Crippen molar-refractivity contribution < 1.29 is 0 Å². The van der Waals surface area contributed by atoms with Crippen molar-refractivity contribution in [2.75, 3.05) is 0 Å². The van der Waals surface area contributed by atoms with Crippen LogP contribution in [0.15, 0.2) is 0 Å². The van der Waals surface area contributed by atoms with E-state index in [1.807, 2.05) is 0 Å². The monoisotopic (exact) mass is 160 g/mol. The molecule has 0 N–H and O–H groups in total. The molecule has 0 aromatic carbocycles. The first kappa shape index (κ1) is 9.18. The summed E-state index contributed by atoms with van der Waals surface area (Å²) in [5.41, 5.74) is 0. The van der Waals surface area contributed by atoms with Crippen molar-refractivity contribution in [3.05, 3.63) is 0 Å². The summed E-state index contributed by atoms with van der Waals surface area (Å²) >= 11 is 9.53. The lowest BCUT2D eigenvalue weighted by Gasteiger charge is -2.00. The van der Waals surface area contributed by atoms with Crippen molar-refractivity contribution >= 4 is 35.2 Å². The average molecular weight is 160 g/mol. The predicted molar refractivity (Wildman–Crippen MR) is 50.3 cm³/mol. The molecule has 0 saturated heterocycles. The Kier molecular flexibility index (Phi) is 6.43. The number of thiocarbonyl (C=S) groups is 2. The van der Waals surface area contributed by atoms with Gasteiger partial charge in [0.15, 0.2) is 0 Å². The maximum absolute atomic E-state index is 4.76. The molecule has 0 amide bonds. The van der Waals surface area contributed by atoms with Crippen LogP contribution in [0.4, 0.5) is 0 Å². The zero-order chi connectivity index (χ0) is 7.11. The fraction of sp³-hybridized carbons (Fsp3) is 0.714. The van der Waals surface area contributed by atoms with Crippen molar-refractivity contribution in [3.63, 3.8) is 0 Å². The minimum atomic E-state index is 0.384. The lowest BCUT2D eigenvalue weighted by Crippen LogP contribution is -1.99. The Labute approximate surface area is 67.6 Å². The molecule has 2 heteroatoms. The van der Waals surface area contributed by atoms with Gasteiger partial charge in [0, 0.05) is 5.92 Å². The zero-order valence-corrected chi connectivity index (χ0v) is 7.30. The van der Waals surface area contributed by atoms with Gasteiger partial charge in [-0.15, -0.1) is 0 Å². The van der Waals surface area contributed by atoms with Gasteiger partial charge in [-0.2, -0.15) is 0 Å². The van der Waals surface area contributed by atoms with Crippen molar-refractivity contribution in [1.29, 1.82) is 0 Å². The number of hydrogen-bond acceptors (Lipinski definition) is 2. The Bertz CT molecular complexity index is 80.9. The highest BCUT2D eigenvalue weighted by atomic mass is 32.1. The topological polar surface area (TPSA) is 0 Å². The van der Waals surface area contributed by atoms with Gasteiger partial charge < -0.3 is 0 Å². The Hall–Kier alpha value is 0.180. The summed E-state index contributed by atoms with van der Waals surface area (Å²) in [7, 11) is 0. The minimum Gasteiger partial charge on any atom is -0.0928 e. The molecule has 0 nitrogen and oxygen atoms in total. The van der Waals surface area contributed by atoms with E-state index in [2.05, 4.69) is 6.92 Å². The van der Waals surface area contributed by atoms with Crippen LogP contribution < -0.4 is 0 Å². The molecule has 0 rings (SSSR count). The van der Waals surface area contributed by atoms with E-state index in [9.17, 15) is 0 Å². The minimum absolute atomic E-state index is 0.384. The maximum atomic E-state index is 4.76. The number of unbranched alkanes of at least 4 members (excludes halogenated alkanes) is 1. The van der Waals surface area contributed by atoms with Crippen molar-refractivity contribution in [2.24, 2.45) is 5.92 Å². The molecule has 52 valence electrons. The molecule has 0 aliphatic carbocycles. The van der Waals surface area contributed by atoms with Crippen LogP contribution >= 0.6 is 24.4 Å². The molecular formula is C7H12S2. The van der Waals surface area contributed by atoms with E-state index in [0.717, 1.165) is 6.42 Å². The van der Waals surface area contributed by atoms with Gasteiger partial charge in [-0.25, -0.2) is 0 Å². The van der Waals surface area contributed by atoms with Crippen LogP contribution in [0.1, 0.15) is 26.2 Å². The van der Waals surface area contributed by atoms with Crippen LogP contribution in [0, 0.1) is 5.92 Å². The van der Waals surface area contributed by atoms with Crippen molar-refractivity contribution in [2.45, 2.75) is 26.2 Å². The smallest absolute Gasteiger partial charge is 0.0156 e. The first-order valence-electron chi connectivity index (χ1n) is 3.25. The van der Waals surface area contributed by atoms with Crippen LogP contribution in [-0.2, 0) is 0 Å². The van der Waals surface area contributed by atoms with Gasteiger partial charge in [-0.1, -0.05) is 44.2 Å². The molecule has 0 aliphatic heterocycles. The Morgan fingerprint density at radius 2 is 1.89 bits per heavy atom. The quantitative estimate of drug-likeness (QED) is 0.567. The summed E-state index contributed by atoms with van der Waals surface area (Å²) in [6.07, 6.45) is 3.58. The molecule has 0 saturated carbocycles. The molecule has 0 bridgehead atoms. The highest BCUT2D eigenvalue weighted by Crippen LogP contribution is 2.03. The van der Waals surface area contributed by atoms with E-state index in [0.29, 0.717) is 5.92 Å². The fourth-order valence-corrected chi connectivity index (χ4v) is 1.14. The average Bonchev–Trinajstić information content (AvgIpc) is 1.91. The molecule has 0 atom stereocenters. The summed E-state index contributed by atoms with van der Waals surface area (Å²) in [5.74, 6) is 0.384. The molecule has 0 spiro atoms. The van der Waals surface area contributed by atoms with Gasteiger partial charge in [0.05, 0.1) is 0 Å². The third-order valence-corrected chi connectivity index (χ3v) is 1.94. The van der Waals surface area contributed by atoms with Gasteiger partial charge in [0.25, 0.3) is 0 Å². The zero-order valence-electron chi connectivity index (χ0n) is 5.67. The number of hydrogen-bond donors (Lipinski definition) is 0. The molecule has 0 heterocycles. The predicted octanol–water partition coefficient (Wildman–Crippen LogP) is 2.79. The third kappa shape index (κ3) is 4.67. The Morgan fingerprint density at radius 1 is 1.33 bits per heavy atom. The number of rotatable bonds is 5. The van der Waals surface area contributed by atoms with Gasteiger partial charge in [-0.05, 0) is 17.2 Å². The Morgan fingerprint density at radius 3 is 2.22 bits per heavy atom. The van der Waals surface area contributed by atoms with Crippen molar-refractivity contribution in [1.82, 2.24) is 0 Å². The van der Waals surface area contributed by atoms with Crippen LogP contribution in [0.25, 0.3) is 0 Å². The van der Waals surface area contributed by atoms with E-state index in [1.54, 1.807) is 10.7 Å². The highest BCUT2D eigenvalue weighted by Gasteiger charge is 1.96. The van der Waals surface area contributed by atoms with E-state index in [1.165, 1.54) is 12.8 Å². The summed E-state index contributed by atoms with van der Waals surface area (Å²) in [6, 6.07) is 0. The molecule has 0 radical (unpaired) electrons. The van der Waals surface area contributed by atoms with E-state index >= 15 is 0 Å². The van der Waals surface area contributed by atoms with Gasteiger partial charge >= 0.3 is 0 Å². The second-order valence-corrected chi connectivity index (χ2v) is 2.62. The summed E-state index contributed by atoms with van der Waals surface area (Å²) in [5, 5.41) is 3.51. The normalized spacial score (nSPS) is 9.56. The lowest BCUT2D eigenvalue weighted by molar-refractivity contribution is 0.704. The van der Waals surface area contributed by atoms with Gasteiger partial charge in [-0.3, -0.25) is 0 Å². The molecule has 0 fully saturated rings. The van der Waals surface area contributed by atoms with Gasteiger partial charge in [0.2, 0.25) is 0 Å². The second kappa shape index (κ2) is 6.30. The van der Waals surface area contributed by atoms with E-state index < -0.39 is 0 Å². The molecule has 9 heavy (non-hydrogen) atoms. The summed E-state index contributed by atoms with van der Waals surface area (Å²) < 4.78 is 0. The molecular weight excluding hydrogens is 148 g/mol. The molecule has 0 aliphatic rings. The van der Waals surface area contributed by atoms with E-state index in [-0.39, 0.29) is 0 Å². The van der Waals surface area contributed by atoms with Crippen LogP contribution in [0.2, 0.25) is 0 Å². The first-order chi connectivity index (χ1) is 4.35.